The number of oxazole rings is 1. The fraction of sp³-hybridized carbons (Fsp3) is 0.400. The number of hydrogen-bond acceptors (Lipinski definition) is 3. The lowest BCUT2D eigenvalue weighted by atomic mass is 10.00. The van der Waals surface area contributed by atoms with E-state index in [2.05, 4.69) is 34.6 Å². The van der Waals surface area contributed by atoms with E-state index < -0.39 is 0 Å². The molecule has 2 aromatic rings. The van der Waals surface area contributed by atoms with Gasteiger partial charge in [-0.25, -0.2) is 4.98 Å². The number of nitrogens with zero attached hydrogens (tertiary/aromatic N) is 1. The largest absolute Gasteiger partial charge is 0.448 e. The molecule has 1 saturated heterocycles. The third-order valence-corrected chi connectivity index (χ3v) is 3.44. The van der Waals surface area contributed by atoms with Gasteiger partial charge >= 0.3 is 0 Å². The van der Waals surface area contributed by atoms with Gasteiger partial charge in [0, 0.05) is 18.9 Å². The number of hydrogen-bond donors (Lipinski definition) is 1. The normalized spacial score (nSPS) is 19.9. The first-order chi connectivity index (χ1) is 8.92. The monoisotopic (exact) mass is 242 g/mol. The maximum absolute atomic E-state index is 5.63. The average molecular weight is 242 g/mol. The van der Waals surface area contributed by atoms with Gasteiger partial charge in [-0.3, -0.25) is 0 Å². The van der Waals surface area contributed by atoms with Gasteiger partial charge in [0.1, 0.15) is 6.26 Å². The molecule has 2 heterocycles. The zero-order valence-electron chi connectivity index (χ0n) is 10.4. The average Bonchev–Trinajstić information content (AvgIpc) is 2.89. The van der Waals surface area contributed by atoms with E-state index in [1.807, 2.05) is 6.07 Å². The number of rotatable bonds is 3. The summed E-state index contributed by atoms with van der Waals surface area (Å²) in [6.45, 7) is 2.11. The van der Waals surface area contributed by atoms with E-state index in [1.54, 1.807) is 6.26 Å². The first-order valence-electron chi connectivity index (χ1n) is 6.61. The lowest BCUT2D eigenvalue weighted by Gasteiger charge is -2.19. The van der Waals surface area contributed by atoms with Crippen molar-refractivity contribution in [3.63, 3.8) is 0 Å². The van der Waals surface area contributed by atoms with Crippen LogP contribution in [0.3, 0.4) is 0 Å². The molecule has 1 aliphatic rings. The van der Waals surface area contributed by atoms with Crippen LogP contribution in [-0.4, -0.2) is 18.1 Å². The number of piperidine rings is 1. The molecule has 0 amide bonds. The van der Waals surface area contributed by atoms with Gasteiger partial charge in [-0.15, -0.1) is 0 Å². The summed E-state index contributed by atoms with van der Waals surface area (Å²) in [4.78, 5) is 4.62. The van der Waals surface area contributed by atoms with Crippen LogP contribution in [0.5, 0.6) is 0 Å². The highest BCUT2D eigenvalue weighted by Gasteiger charge is 2.19. The minimum absolute atomic E-state index is 0.447. The first-order valence-corrected chi connectivity index (χ1v) is 6.61. The van der Waals surface area contributed by atoms with Crippen molar-refractivity contribution in [2.45, 2.75) is 25.2 Å². The molecule has 1 aromatic heterocycles. The minimum Gasteiger partial charge on any atom is -0.448 e. The standard InChI is InChI=1S/C15H18N2O/c1-2-5-12(6-3-1)9-14-11-18-15(17-14)13-7-4-8-16-10-13/h1-3,5-6,11,13,16H,4,7-10H2. The molecule has 1 atom stereocenters. The first kappa shape index (κ1) is 11.5. The predicted octanol–water partition coefficient (Wildman–Crippen LogP) is 2.73. The molecule has 18 heavy (non-hydrogen) atoms. The summed E-state index contributed by atoms with van der Waals surface area (Å²) in [6.07, 6.45) is 5.04. The van der Waals surface area contributed by atoms with Crippen LogP contribution in [0, 0.1) is 0 Å². The second kappa shape index (κ2) is 5.36. The fourth-order valence-electron chi connectivity index (χ4n) is 2.46. The van der Waals surface area contributed by atoms with Gasteiger partial charge in [-0.2, -0.15) is 0 Å². The second-order valence-electron chi connectivity index (χ2n) is 4.88. The Bertz CT molecular complexity index is 486. The quantitative estimate of drug-likeness (QED) is 0.899. The maximum atomic E-state index is 5.63. The molecular weight excluding hydrogens is 224 g/mol. The van der Waals surface area contributed by atoms with Crippen molar-refractivity contribution in [2.75, 3.05) is 13.1 Å². The van der Waals surface area contributed by atoms with Crippen LogP contribution >= 0.6 is 0 Å². The SMILES string of the molecule is c1ccc(Cc2coc(C3CCCNC3)n2)cc1. The summed E-state index contributed by atoms with van der Waals surface area (Å²) in [5.41, 5.74) is 2.31. The van der Waals surface area contributed by atoms with Gasteiger partial charge in [0.25, 0.3) is 0 Å². The van der Waals surface area contributed by atoms with Crippen molar-refractivity contribution in [2.24, 2.45) is 0 Å². The van der Waals surface area contributed by atoms with Gasteiger partial charge in [0.05, 0.1) is 5.69 Å². The van der Waals surface area contributed by atoms with Crippen molar-refractivity contribution < 1.29 is 4.42 Å². The Kier molecular flexibility index (Phi) is 3.42. The number of aromatic nitrogens is 1. The van der Waals surface area contributed by atoms with Gasteiger partial charge in [-0.05, 0) is 24.9 Å². The molecule has 1 fully saturated rings. The summed E-state index contributed by atoms with van der Waals surface area (Å²) in [5.74, 6) is 1.34. The van der Waals surface area contributed by atoms with E-state index in [9.17, 15) is 0 Å². The van der Waals surface area contributed by atoms with Gasteiger partial charge in [0.15, 0.2) is 5.89 Å². The highest BCUT2D eigenvalue weighted by atomic mass is 16.3. The highest BCUT2D eigenvalue weighted by Crippen LogP contribution is 2.23. The number of benzene rings is 1. The Morgan fingerprint density at radius 2 is 2.17 bits per heavy atom. The molecule has 1 N–H and O–H groups in total. The molecular formula is C15H18N2O. The molecule has 0 aliphatic carbocycles. The molecule has 0 saturated carbocycles. The highest BCUT2D eigenvalue weighted by molar-refractivity contribution is 5.20. The van der Waals surface area contributed by atoms with Gasteiger partial charge in [-0.1, -0.05) is 30.3 Å². The summed E-state index contributed by atoms with van der Waals surface area (Å²) in [6, 6.07) is 10.4. The van der Waals surface area contributed by atoms with Crippen molar-refractivity contribution >= 4 is 0 Å². The predicted molar refractivity (Wildman–Crippen MR) is 70.6 cm³/mol. The lowest BCUT2D eigenvalue weighted by Crippen LogP contribution is -2.28. The molecule has 0 spiro atoms. The fourth-order valence-corrected chi connectivity index (χ4v) is 2.46. The summed E-state index contributed by atoms with van der Waals surface area (Å²) >= 11 is 0. The van der Waals surface area contributed by atoms with E-state index >= 15 is 0 Å². The molecule has 94 valence electrons. The van der Waals surface area contributed by atoms with Crippen LogP contribution in [0.15, 0.2) is 41.0 Å². The van der Waals surface area contributed by atoms with Crippen molar-refractivity contribution in [1.29, 1.82) is 0 Å². The topological polar surface area (TPSA) is 38.1 Å². The van der Waals surface area contributed by atoms with Crippen LogP contribution < -0.4 is 5.32 Å². The van der Waals surface area contributed by atoms with Crippen molar-refractivity contribution in [3.8, 4) is 0 Å². The summed E-state index contributed by atoms with van der Waals surface area (Å²) < 4.78 is 5.63. The third-order valence-electron chi connectivity index (χ3n) is 3.44. The van der Waals surface area contributed by atoms with E-state index in [-0.39, 0.29) is 0 Å². The van der Waals surface area contributed by atoms with Crippen LogP contribution in [0.2, 0.25) is 0 Å². The molecule has 0 bridgehead atoms. The molecule has 1 aliphatic heterocycles. The maximum Gasteiger partial charge on any atom is 0.198 e. The smallest absolute Gasteiger partial charge is 0.198 e. The molecule has 3 rings (SSSR count). The minimum atomic E-state index is 0.447. The Morgan fingerprint density at radius 3 is 2.94 bits per heavy atom. The number of nitrogens with one attached hydrogen (secondary N) is 1. The summed E-state index contributed by atoms with van der Waals surface area (Å²) in [7, 11) is 0. The van der Waals surface area contributed by atoms with Crippen molar-refractivity contribution in [1.82, 2.24) is 10.3 Å². The van der Waals surface area contributed by atoms with Crippen LogP contribution in [0.4, 0.5) is 0 Å². The Balaban J connectivity index is 1.69. The molecule has 1 aromatic carbocycles. The zero-order chi connectivity index (χ0) is 12.2. The van der Waals surface area contributed by atoms with Gasteiger partial charge in [0.2, 0.25) is 0 Å². The molecule has 0 radical (unpaired) electrons. The Labute approximate surface area is 107 Å². The van der Waals surface area contributed by atoms with E-state index in [1.165, 1.54) is 18.4 Å². The van der Waals surface area contributed by atoms with Crippen molar-refractivity contribution in [3.05, 3.63) is 53.7 Å². The molecule has 1 unspecified atom stereocenters. The van der Waals surface area contributed by atoms with Crippen LogP contribution in [0.1, 0.15) is 35.9 Å². The second-order valence-corrected chi connectivity index (χ2v) is 4.88. The Hall–Kier alpha value is -1.61. The lowest BCUT2D eigenvalue weighted by molar-refractivity contribution is 0.376. The van der Waals surface area contributed by atoms with Crippen LogP contribution in [-0.2, 0) is 6.42 Å². The Morgan fingerprint density at radius 1 is 1.28 bits per heavy atom. The van der Waals surface area contributed by atoms with E-state index in [4.69, 9.17) is 4.42 Å². The summed E-state index contributed by atoms with van der Waals surface area (Å²) in [5, 5.41) is 3.39. The van der Waals surface area contributed by atoms with E-state index in [0.717, 1.165) is 31.1 Å². The molecule has 3 heteroatoms. The van der Waals surface area contributed by atoms with E-state index in [0.29, 0.717) is 5.92 Å². The third kappa shape index (κ3) is 2.62. The molecule has 3 nitrogen and oxygen atoms in total. The van der Waals surface area contributed by atoms with Gasteiger partial charge < -0.3 is 9.73 Å². The zero-order valence-corrected chi connectivity index (χ0v) is 10.4. The van der Waals surface area contributed by atoms with Crippen LogP contribution in [0.25, 0.3) is 0 Å².